The predicted octanol–water partition coefficient (Wildman–Crippen LogP) is 4.07. The Balaban J connectivity index is 1.40. The monoisotopic (exact) mass is 363 g/mol. The number of rotatable bonds is 4. The number of carbonyl (C=O) groups excluding carboxylic acids is 1. The highest BCUT2D eigenvalue weighted by atomic mass is 32.2. The van der Waals surface area contributed by atoms with Gasteiger partial charge in [-0.1, -0.05) is 29.8 Å². The fourth-order valence-corrected chi connectivity index (χ4v) is 4.52. The summed E-state index contributed by atoms with van der Waals surface area (Å²) >= 11 is 1.67. The number of hydrogen-bond donors (Lipinski definition) is 1. The predicted molar refractivity (Wildman–Crippen MR) is 105 cm³/mol. The fourth-order valence-electron chi connectivity index (χ4n) is 3.22. The Morgan fingerprint density at radius 3 is 2.81 bits per heavy atom. The minimum absolute atomic E-state index is 0.0228. The average molecular weight is 363 g/mol. The number of carbonyl (C=O) groups is 1. The van der Waals surface area contributed by atoms with Crippen LogP contribution in [0.25, 0.3) is 5.69 Å². The standard InChI is InChI=1S/C21H21N3OS/c1-14-3-4-17-12-20(26-19(17)11-14)21(25)23-15(2)16-5-7-18(8-6-16)24-10-9-22-13-24/h3-11,13,15,20H,12H2,1-2H3,(H,23,25)/t15-,20-/m1/s1. The first-order valence-electron chi connectivity index (χ1n) is 8.75. The number of amides is 1. The zero-order chi connectivity index (χ0) is 18.1. The summed E-state index contributed by atoms with van der Waals surface area (Å²) in [4.78, 5) is 18.0. The van der Waals surface area contributed by atoms with E-state index in [0.717, 1.165) is 17.7 Å². The van der Waals surface area contributed by atoms with E-state index < -0.39 is 0 Å². The van der Waals surface area contributed by atoms with Gasteiger partial charge in [0.05, 0.1) is 17.6 Å². The average Bonchev–Trinajstić information content (AvgIpc) is 3.31. The molecule has 0 radical (unpaired) electrons. The maximum Gasteiger partial charge on any atom is 0.234 e. The van der Waals surface area contributed by atoms with E-state index in [2.05, 4.69) is 47.6 Å². The van der Waals surface area contributed by atoms with Crippen LogP contribution in [0.5, 0.6) is 0 Å². The van der Waals surface area contributed by atoms with Gasteiger partial charge in [-0.05, 0) is 49.6 Å². The van der Waals surface area contributed by atoms with Crippen LogP contribution >= 0.6 is 11.8 Å². The zero-order valence-electron chi connectivity index (χ0n) is 14.8. The van der Waals surface area contributed by atoms with Gasteiger partial charge in [-0.15, -0.1) is 11.8 Å². The summed E-state index contributed by atoms with van der Waals surface area (Å²) in [6.07, 6.45) is 6.25. The van der Waals surface area contributed by atoms with Crippen molar-refractivity contribution in [1.29, 1.82) is 0 Å². The quantitative estimate of drug-likeness (QED) is 0.760. The van der Waals surface area contributed by atoms with Crippen LogP contribution < -0.4 is 5.32 Å². The molecule has 2 heterocycles. The first-order chi connectivity index (χ1) is 12.6. The second kappa shape index (κ2) is 7.00. The third-order valence-electron chi connectivity index (χ3n) is 4.74. The molecule has 4 nitrogen and oxygen atoms in total. The number of aryl methyl sites for hydroxylation is 1. The first kappa shape index (κ1) is 16.9. The molecule has 26 heavy (non-hydrogen) atoms. The molecular weight excluding hydrogens is 342 g/mol. The number of hydrogen-bond acceptors (Lipinski definition) is 3. The van der Waals surface area contributed by atoms with Gasteiger partial charge < -0.3 is 9.88 Å². The summed E-state index contributed by atoms with van der Waals surface area (Å²) in [7, 11) is 0. The number of nitrogens with zero attached hydrogens (tertiary/aromatic N) is 2. The normalized spacial score (nSPS) is 16.9. The zero-order valence-corrected chi connectivity index (χ0v) is 15.7. The molecule has 2 aromatic carbocycles. The van der Waals surface area contributed by atoms with Crippen LogP contribution in [0.2, 0.25) is 0 Å². The topological polar surface area (TPSA) is 46.9 Å². The lowest BCUT2D eigenvalue weighted by Crippen LogP contribution is -2.34. The van der Waals surface area contributed by atoms with Crippen molar-refractivity contribution in [2.24, 2.45) is 0 Å². The third kappa shape index (κ3) is 3.40. The molecule has 1 amide bonds. The lowest BCUT2D eigenvalue weighted by molar-refractivity contribution is -0.121. The summed E-state index contributed by atoms with van der Waals surface area (Å²) < 4.78 is 1.96. The molecule has 1 aromatic heterocycles. The van der Waals surface area contributed by atoms with Crippen molar-refractivity contribution in [2.45, 2.75) is 36.5 Å². The molecule has 132 valence electrons. The van der Waals surface area contributed by atoms with Crippen molar-refractivity contribution in [3.63, 3.8) is 0 Å². The van der Waals surface area contributed by atoms with Gasteiger partial charge in [0.25, 0.3) is 0 Å². The molecule has 0 saturated heterocycles. The molecule has 0 bridgehead atoms. The Hall–Kier alpha value is -2.53. The van der Waals surface area contributed by atoms with E-state index in [1.54, 1.807) is 24.3 Å². The van der Waals surface area contributed by atoms with Crippen LogP contribution in [0.15, 0.2) is 66.1 Å². The molecule has 1 aliphatic rings. The van der Waals surface area contributed by atoms with Crippen LogP contribution in [0.4, 0.5) is 0 Å². The molecule has 1 aliphatic heterocycles. The molecule has 2 atom stereocenters. The van der Waals surface area contributed by atoms with E-state index in [1.165, 1.54) is 16.0 Å². The van der Waals surface area contributed by atoms with Crippen molar-refractivity contribution < 1.29 is 4.79 Å². The SMILES string of the molecule is Cc1ccc2c(c1)S[C@@H](C(=O)N[C@H](C)c1ccc(-n3ccnc3)cc1)C2. The van der Waals surface area contributed by atoms with E-state index in [-0.39, 0.29) is 17.2 Å². The van der Waals surface area contributed by atoms with Gasteiger partial charge in [-0.25, -0.2) is 4.98 Å². The molecular formula is C21H21N3OS. The minimum Gasteiger partial charge on any atom is -0.349 e. The van der Waals surface area contributed by atoms with Gasteiger partial charge in [0.2, 0.25) is 5.91 Å². The van der Waals surface area contributed by atoms with E-state index in [4.69, 9.17) is 0 Å². The van der Waals surface area contributed by atoms with Gasteiger partial charge in [0.15, 0.2) is 0 Å². The Morgan fingerprint density at radius 1 is 1.27 bits per heavy atom. The number of thioether (sulfide) groups is 1. The molecule has 0 saturated carbocycles. The van der Waals surface area contributed by atoms with Gasteiger partial charge >= 0.3 is 0 Å². The smallest absolute Gasteiger partial charge is 0.234 e. The highest BCUT2D eigenvalue weighted by molar-refractivity contribution is 8.01. The van der Waals surface area contributed by atoms with Gasteiger partial charge in [0.1, 0.15) is 0 Å². The van der Waals surface area contributed by atoms with Crippen LogP contribution in [0.3, 0.4) is 0 Å². The maximum absolute atomic E-state index is 12.7. The Kier molecular flexibility index (Phi) is 4.55. The van der Waals surface area contributed by atoms with Crippen LogP contribution in [-0.2, 0) is 11.2 Å². The summed E-state index contributed by atoms with van der Waals surface area (Å²) in [5.41, 5.74) is 4.67. The molecule has 0 fully saturated rings. The maximum atomic E-state index is 12.7. The van der Waals surface area contributed by atoms with Gasteiger partial charge in [-0.3, -0.25) is 4.79 Å². The third-order valence-corrected chi connectivity index (χ3v) is 6.04. The fraction of sp³-hybridized carbons (Fsp3) is 0.238. The molecule has 5 heteroatoms. The Morgan fingerprint density at radius 2 is 2.08 bits per heavy atom. The molecule has 1 N–H and O–H groups in total. The highest BCUT2D eigenvalue weighted by Crippen LogP contribution is 2.37. The number of aromatic nitrogens is 2. The molecule has 4 rings (SSSR count). The minimum atomic E-state index is -0.0422. The highest BCUT2D eigenvalue weighted by Gasteiger charge is 2.29. The van der Waals surface area contributed by atoms with Crippen molar-refractivity contribution in [2.75, 3.05) is 0 Å². The Bertz CT molecular complexity index is 919. The molecule has 0 unspecified atom stereocenters. The second-order valence-electron chi connectivity index (χ2n) is 6.71. The van der Waals surface area contributed by atoms with Crippen LogP contribution in [0, 0.1) is 6.92 Å². The van der Waals surface area contributed by atoms with E-state index >= 15 is 0 Å². The Labute approximate surface area is 157 Å². The molecule has 3 aromatic rings. The summed E-state index contributed by atoms with van der Waals surface area (Å²) in [6.45, 7) is 4.12. The summed E-state index contributed by atoms with van der Waals surface area (Å²) in [5, 5.41) is 3.12. The van der Waals surface area contributed by atoms with Crippen molar-refractivity contribution >= 4 is 17.7 Å². The van der Waals surface area contributed by atoms with Crippen molar-refractivity contribution in [3.8, 4) is 5.69 Å². The molecule has 0 spiro atoms. The molecule has 0 aliphatic carbocycles. The number of benzene rings is 2. The summed E-state index contributed by atoms with van der Waals surface area (Å²) in [6, 6.07) is 14.6. The van der Waals surface area contributed by atoms with E-state index in [1.807, 2.05) is 29.8 Å². The van der Waals surface area contributed by atoms with Crippen molar-refractivity contribution in [1.82, 2.24) is 14.9 Å². The van der Waals surface area contributed by atoms with Crippen LogP contribution in [0.1, 0.15) is 29.7 Å². The first-order valence-corrected chi connectivity index (χ1v) is 9.63. The number of fused-ring (bicyclic) bond motifs is 1. The van der Waals surface area contributed by atoms with Gasteiger partial charge in [-0.2, -0.15) is 0 Å². The van der Waals surface area contributed by atoms with Gasteiger partial charge in [0, 0.05) is 23.0 Å². The van der Waals surface area contributed by atoms with E-state index in [9.17, 15) is 4.79 Å². The van der Waals surface area contributed by atoms with Crippen molar-refractivity contribution in [3.05, 3.63) is 77.9 Å². The summed E-state index contributed by atoms with van der Waals surface area (Å²) in [5.74, 6) is 0.107. The lowest BCUT2D eigenvalue weighted by atomic mass is 10.1. The number of nitrogens with one attached hydrogen (secondary N) is 1. The number of imidazole rings is 1. The lowest BCUT2D eigenvalue weighted by Gasteiger charge is -2.17. The largest absolute Gasteiger partial charge is 0.349 e. The second-order valence-corrected chi connectivity index (χ2v) is 7.96. The van der Waals surface area contributed by atoms with E-state index in [0.29, 0.717) is 0 Å². The van der Waals surface area contributed by atoms with Crippen LogP contribution in [-0.4, -0.2) is 20.7 Å².